The van der Waals surface area contributed by atoms with Crippen LogP contribution in [0.15, 0.2) is 60.7 Å². The zero-order valence-electron chi connectivity index (χ0n) is 17.2. The molecule has 1 aromatic heterocycles. The summed E-state index contributed by atoms with van der Waals surface area (Å²) in [5, 5.41) is 13.7. The molecule has 31 heavy (non-hydrogen) atoms. The van der Waals surface area contributed by atoms with Crippen molar-refractivity contribution in [2.24, 2.45) is 0 Å². The topological polar surface area (TPSA) is 59.4 Å². The van der Waals surface area contributed by atoms with Gasteiger partial charge in [-0.25, -0.2) is 0 Å². The summed E-state index contributed by atoms with van der Waals surface area (Å²) in [6, 6.07) is 21.7. The van der Waals surface area contributed by atoms with E-state index in [-0.39, 0.29) is 11.0 Å². The summed E-state index contributed by atoms with van der Waals surface area (Å²) in [6.45, 7) is 2.60. The van der Waals surface area contributed by atoms with Crippen LogP contribution in [0.1, 0.15) is 31.9 Å². The number of thiocarbonyl (C=S) groups is 1. The first-order chi connectivity index (χ1) is 15.1. The molecule has 7 heteroatoms. The van der Waals surface area contributed by atoms with Crippen molar-refractivity contribution in [3.8, 4) is 6.07 Å². The van der Waals surface area contributed by atoms with E-state index >= 15 is 0 Å². The Labute approximate surface area is 191 Å². The fraction of sp³-hybridized carbons (Fsp3) is 0.208. The Balaban J connectivity index is 1.50. The van der Waals surface area contributed by atoms with Crippen molar-refractivity contribution >= 4 is 39.6 Å². The van der Waals surface area contributed by atoms with Crippen LogP contribution in [0.5, 0.6) is 0 Å². The summed E-state index contributed by atoms with van der Waals surface area (Å²) in [4.78, 5) is 17.8. The number of rotatable bonds is 4. The molecule has 0 atom stereocenters. The molecule has 0 bridgehead atoms. The molecule has 1 amide bonds. The Kier molecular flexibility index (Phi) is 6.42. The molecule has 1 N–H and O–H groups in total. The fourth-order valence-electron chi connectivity index (χ4n) is 3.70. The molecular weight excluding hydrogens is 424 g/mol. The smallest absolute Gasteiger partial charge is 0.257 e. The lowest BCUT2D eigenvalue weighted by molar-refractivity contribution is 0.0977. The van der Waals surface area contributed by atoms with Gasteiger partial charge in [0.05, 0.1) is 5.56 Å². The Morgan fingerprint density at radius 3 is 2.55 bits per heavy atom. The summed E-state index contributed by atoms with van der Waals surface area (Å²) in [7, 11) is 1.80. The molecule has 2 heterocycles. The second kappa shape index (κ2) is 9.40. The average Bonchev–Trinajstić information content (AvgIpc) is 3.17. The van der Waals surface area contributed by atoms with Crippen molar-refractivity contribution in [1.82, 2.24) is 10.2 Å². The van der Waals surface area contributed by atoms with Gasteiger partial charge in [-0.05, 0) is 41.9 Å². The number of anilines is 1. The maximum atomic E-state index is 12.5. The molecular formula is C24H22N4OS2. The molecule has 0 radical (unpaired) electrons. The van der Waals surface area contributed by atoms with E-state index in [9.17, 15) is 10.1 Å². The van der Waals surface area contributed by atoms with Gasteiger partial charge in [-0.2, -0.15) is 5.26 Å². The van der Waals surface area contributed by atoms with Gasteiger partial charge in [0.1, 0.15) is 11.1 Å². The first-order valence-electron chi connectivity index (χ1n) is 10.0. The molecule has 0 spiro atoms. The third-order valence-electron chi connectivity index (χ3n) is 5.34. The van der Waals surface area contributed by atoms with Crippen molar-refractivity contribution in [2.75, 3.05) is 18.5 Å². The van der Waals surface area contributed by atoms with Crippen LogP contribution < -0.4 is 10.2 Å². The maximum Gasteiger partial charge on any atom is 0.257 e. The third-order valence-corrected chi connectivity index (χ3v) is 7.01. The monoisotopic (exact) mass is 446 g/mol. The number of carbonyl (C=O) groups is 1. The van der Waals surface area contributed by atoms with Crippen molar-refractivity contribution in [3.05, 3.63) is 87.8 Å². The number of carbonyl (C=O) groups excluding carboxylic acids is 1. The zero-order chi connectivity index (χ0) is 21.8. The van der Waals surface area contributed by atoms with E-state index in [4.69, 9.17) is 12.2 Å². The molecule has 5 nitrogen and oxygen atoms in total. The number of nitrogens with zero attached hydrogens (tertiary/aromatic N) is 3. The maximum absolute atomic E-state index is 12.5. The predicted octanol–water partition coefficient (Wildman–Crippen LogP) is 4.33. The average molecular weight is 447 g/mol. The molecule has 1 aliphatic rings. The summed E-state index contributed by atoms with van der Waals surface area (Å²) in [5.74, 6) is -0.258. The van der Waals surface area contributed by atoms with Gasteiger partial charge in [0, 0.05) is 37.1 Å². The molecule has 0 saturated carbocycles. The fourth-order valence-corrected chi connectivity index (χ4v) is 5.25. The van der Waals surface area contributed by atoms with Gasteiger partial charge in [-0.1, -0.05) is 48.5 Å². The van der Waals surface area contributed by atoms with Gasteiger partial charge < -0.3 is 4.90 Å². The number of amides is 1. The lowest BCUT2D eigenvalue weighted by Gasteiger charge is -2.26. The van der Waals surface area contributed by atoms with Gasteiger partial charge in [0.15, 0.2) is 5.11 Å². The molecule has 4 rings (SSSR count). The van der Waals surface area contributed by atoms with Crippen LogP contribution in [0.25, 0.3) is 0 Å². The summed E-state index contributed by atoms with van der Waals surface area (Å²) < 4.78 is 0. The van der Waals surface area contributed by atoms with Crippen molar-refractivity contribution in [1.29, 1.82) is 5.26 Å². The summed E-state index contributed by atoms with van der Waals surface area (Å²) >= 11 is 7.06. The van der Waals surface area contributed by atoms with E-state index in [1.807, 2.05) is 24.3 Å². The summed E-state index contributed by atoms with van der Waals surface area (Å²) in [6.07, 6.45) is 0.832. The quantitative estimate of drug-likeness (QED) is 0.605. The standard InChI is InChI=1S/C24H22N4OS2/c1-27(24(30)26-22(29)18-10-6-3-7-11-18)23-20(14-25)19-12-13-28(16-21(19)31-23)15-17-8-4-2-5-9-17/h2-11H,12-13,15-16H2,1H3,(H,26,29,30). The number of hydrogen-bond acceptors (Lipinski definition) is 5. The van der Waals surface area contributed by atoms with Crippen LogP contribution in [0.4, 0.5) is 5.00 Å². The van der Waals surface area contributed by atoms with Crippen LogP contribution >= 0.6 is 23.6 Å². The minimum absolute atomic E-state index is 0.258. The Hall–Kier alpha value is -3.05. The first-order valence-corrected chi connectivity index (χ1v) is 11.2. The lowest BCUT2D eigenvalue weighted by atomic mass is 10.0. The van der Waals surface area contributed by atoms with E-state index in [0.29, 0.717) is 11.1 Å². The second-order valence-electron chi connectivity index (χ2n) is 7.43. The molecule has 1 aliphatic heterocycles. The van der Waals surface area contributed by atoms with Gasteiger partial charge in [-0.15, -0.1) is 11.3 Å². The van der Waals surface area contributed by atoms with Crippen LogP contribution in [0.3, 0.4) is 0 Å². The number of nitriles is 1. The Morgan fingerprint density at radius 1 is 1.19 bits per heavy atom. The van der Waals surface area contributed by atoms with Crippen LogP contribution in [-0.2, 0) is 19.5 Å². The highest BCUT2D eigenvalue weighted by Crippen LogP contribution is 2.38. The van der Waals surface area contributed by atoms with E-state index in [1.54, 1.807) is 35.4 Å². The minimum atomic E-state index is -0.258. The van der Waals surface area contributed by atoms with Crippen LogP contribution in [0, 0.1) is 11.3 Å². The highest BCUT2D eigenvalue weighted by Gasteiger charge is 2.27. The van der Waals surface area contributed by atoms with Gasteiger partial charge in [-0.3, -0.25) is 15.0 Å². The lowest BCUT2D eigenvalue weighted by Crippen LogP contribution is -2.40. The molecule has 0 unspecified atom stereocenters. The minimum Gasteiger partial charge on any atom is -0.312 e. The third kappa shape index (κ3) is 4.67. The van der Waals surface area contributed by atoms with Crippen molar-refractivity contribution < 1.29 is 4.79 Å². The van der Waals surface area contributed by atoms with E-state index in [2.05, 4.69) is 40.6 Å². The highest BCUT2D eigenvalue weighted by molar-refractivity contribution is 7.80. The number of thiophene rings is 1. The zero-order valence-corrected chi connectivity index (χ0v) is 18.8. The summed E-state index contributed by atoms with van der Waals surface area (Å²) in [5.41, 5.74) is 3.60. The van der Waals surface area contributed by atoms with E-state index in [1.165, 1.54) is 10.4 Å². The first kappa shape index (κ1) is 21.2. The molecule has 0 aliphatic carbocycles. The van der Waals surface area contributed by atoms with Crippen LogP contribution in [0.2, 0.25) is 0 Å². The number of hydrogen-bond donors (Lipinski definition) is 1. The molecule has 0 fully saturated rings. The molecule has 0 saturated heterocycles. The Bertz CT molecular complexity index is 1140. The largest absolute Gasteiger partial charge is 0.312 e. The van der Waals surface area contributed by atoms with E-state index in [0.717, 1.165) is 36.6 Å². The Morgan fingerprint density at radius 2 is 1.87 bits per heavy atom. The predicted molar refractivity (Wildman–Crippen MR) is 128 cm³/mol. The molecule has 156 valence electrons. The van der Waals surface area contributed by atoms with Gasteiger partial charge in [0.2, 0.25) is 0 Å². The van der Waals surface area contributed by atoms with Gasteiger partial charge >= 0.3 is 0 Å². The number of fused-ring (bicyclic) bond motifs is 1. The SMILES string of the molecule is CN(C(=S)NC(=O)c1ccccc1)c1sc2c(c1C#N)CCN(Cc1ccccc1)C2. The second-order valence-corrected chi connectivity index (χ2v) is 8.90. The van der Waals surface area contributed by atoms with Crippen LogP contribution in [-0.4, -0.2) is 29.5 Å². The molecule has 2 aromatic carbocycles. The van der Waals surface area contributed by atoms with Gasteiger partial charge in [0.25, 0.3) is 5.91 Å². The normalized spacial score (nSPS) is 13.2. The van der Waals surface area contributed by atoms with E-state index < -0.39 is 0 Å². The van der Waals surface area contributed by atoms with Crippen molar-refractivity contribution in [2.45, 2.75) is 19.5 Å². The number of benzene rings is 2. The number of nitrogens with one attached hydrogen (secondary N) is 1. The molecule has 3 aromatic rings. The van der Waals surface area contributed by atoms with Crippen molar-refractivity contribution in [3.63, 3.8) is 0 Å². The highest BCUT2D eigenvalue weighted by atomic mass is 32.1.